The van der Waals surface area contributed by atoms with E-state index in [0.717, 1.165) is 11.1 Å². The number of aromatic nitrogens is 2. The van der Waals surface area contributed by atoms with Crippen LogP contribution in [0.3, 0.4) is 0 Å². The van der Waals surface area contributed by atoms with E-state index >= 15 is 0 Å². The number of aliphatic carboxylic acids is 1. The molecule has 1 N–H and O–H groups in total. The molecule has 0 aliphatic carbocycles. The van der Waals surface area contributed by atoms with Crippen molar-refractivity contribution in [2.45, 2.75) is 31.7 Å². The van der Waals surface area contributed by atoms with Crippen molar-refractivity contribution < 1.29 is 14.7 Å². The van der Waals surface area contributed by atoms with Crippen LogP contribution in [0.2, 0.25) is 10.0 Å². The SMILES string of the molecule is C[C@]1(CC(=O)O)C[C@H](c2cccc(Cl)c2)[C@@H](c2ccc(Cl)cc2)N(c2ncccn2)C1=O. The summed E-state index contributed by atoms with van der Waals surface area (Å²) in [7, 11) is 0. The lowest BCUT2D eigenvalue weighted by Gasteiger charge is -2.47. The van der Waals surface area contributed by atoms with Crippen molar-refractivity contribution in [1.29, 1.82) is 0 Å². The Morgan fingerprint density at radius 2 is 1.75 bits per heavy atom. The molecule has 164 valence electrons. The van der Waals surface area contributed by atoms with Crippen LogP contribution in [0, 0.1) is 5.41 Å². The highest BCUT2D eigenvalue weighted by molar-refractivity contribution is 6.30. The number of carbonyl (C=O) groups is 2. The number of amides is 1. The molecule has 0 saturated carbocycles. The monoisotopic (exact) mass is 469 g/mol. The number of hydrogen-bond acceptors (Lipinski definition) is 4. The normalized spacial score (nSPS) is 23.2. The van der Waals surface area contributed by atoms with Gasteiger partial charge in [0.05, 0.1) is 17.9 Å². The number of piperidine rings is 1. The van der Waals surface area contributed by atoms with E-state index in [4.69, 9.17) is 23.2 Å². The minimum absolute atomic E-state index is 0.223. The predicted octanol–water partition coefficient (Wildman–Crippen LogP) is 5.53. The third kappa shape index (κ3) is 4.33. The lowest BCUT2D eigenvalue weighted by atomic mass is 9.67. The minimum Gasteiger partial charge on any atom is -0.481 e. The number of halogens is 2. The van der Waals surface area contributed by atoms with Crippen LogP contribution in [0.4, 0.5) is 5.95 Å². The molecule has 0 unspecified atom stereocenters. The van der Waals surface area contributed by atoms with Crippen molar-refractivity contribution in [3.63, 3.8) is 0 Å². The molecule has 1 fully saturated rings. The molecule has 1 saturated heterocycles. The van der Waals surface area contributed by atoms with E-state index in [9.17, 15) is 14.7 Å². The average Bonchev–Trinajstić information content (AvgIpc) is 2.76. The molecule has 0 radical (unpaired) electrons. The molecule has 3 aromatic rings. The lowest BCUT2D eigenvalue weighted by Crippen LogP contribution is -2.53. The van der Waals surface area contributed by atoms with E-state index in [1.54, 1.807) is 43.6 Å². The van der Waals surface area contributed by atoms with Crippen LogP contribution < -0.4 is 4.90 Å². The zero-order valence-corrected chi connectivity index (χ0v) is 18.8. The molecule has 1 aliphatic heterocycles. The Morgan fingerprint density at radius 1 is 1.06 bits per heavy atom. The van der Waals surface area contributed by atoms with Gasteiger partial charge in [0, 0.05) is 28.4 Å². The molecule has 0 bridgehead atoms. The standard InChI is InChI=1S/C24H21Cl2N3O3/c1-24(14-20(30)31)13-19(16-4-2-5-18(26)12-16)21(15-6-8-17(25)9-7-15)29(22(24)32)23-27-10-3-11-28-23/h2-12,19,21H,13-14H2,1H3,(H,30,31)/t19-,21-,24-/m1/s1. The Balaban J connectivity index is 1.94. The second kappa shape index (κ2) is 8.88. The zero-order chi connectivity index (χ0) is 22.9. The van der Waals surface area contributed by atoms with Gasteiger partial charge in [0.2, 0.25) is 11.9 Å². The van der Waals surface area contributed by atoms with Gasteiger partial charge in [-0.2, -0.15) is 0 Å². The number of carbonyl (C=O) groups excluding carboxylic acids is 1. The van der Waals surface area contributed by atoms with Crippen molar-refractivity contribution in [2.75, 3.05) is 4.90 Å². The first-order valence-corrected chi connectivity index (χ1v) is 10.9. The topological polar surface area (TPSA) is 83.4 Å². The molecule has 1 aliphatic rings. The van der Waals surface area contributed by atoms with Gasteiger partial charge in [-0.15, -0.1) is 0 Å². The number of carboxylic acid groups (broad SMARTS) is 1. The third-order valence-corrected chi connectivity index (χ3v) is 6.35. The van der Waals surface area contributed by atoms with Gasteiger partial charge in [0.15, 0.2) is 0 Å². The molecule has 32 heavy (non-hydrogen) atoms. The van der Waals surface area contributed by atoms with Crippen LogP contribution in [-0.4, -0.2) is 27.0 Å². The Bertz CT molecular complexity index is 1140. The third-order valence-electron chi connectivity index (χ3n) is 5.86. The molecular weight excluding hydrogens is 449 g/mol. The van der Waals surface area contributed by atoms with Gasteiger partial charge in [0.25, 0.3) is 0 Å². The number of rotatable bonds is 5. The second-order valence-corrected chi connectivity index (χ2v) is 9.09. The summed E-state index contributed by atoms with van der Waals surface area (Å²) in [5.41, 5.74) is 0.598. The molecule has 2 heterocycles. The maximum Gasteiger partial charge on any atom is 0.304 e. The Kier molecular flexibility index (Phi) is 6.17. The fraction of sp³-hybridized carbons (Fsp3) is 0.250. The lowest BCUT2D eigenvalue weighted by molar-refractivity contribution is -0.145. The van der Waals surface area contributed by atoms with E-state index in [1.807, 2.05) is 30.3 Å². The van der Waals surface area contributed by atoms with E-state index in [1.165, 1.54) is 4.90 Å². The van der Waals surface area contributed by atoms with Crippen molar-refractivity contribution in [3.05, 3.63) is 88.2 Å². The van der Waals surface area contributed by atoms with Crippen molar-refractivity contribution >= 4 is 41.0 Å². The van der Waals surface area contributed by atoms with Gasteiger partial charge in [0.1, 0.15) is 0 Å². The molecule has 8 heteroatoms. The van der Waals surface area contributed by atoms with Gasteiger partial charge in [-0.05, 0) is 47.9 Å². The summed E-state index contributed by atoms with van der Waals surface area (Å²) in [6.07, 6.45) is 3.15. The van der Waals surface area contributed by atoms with E-state index in [2.05, 4.69) is 9.97 Å². The Labute approximate surface area is 195 Å². The first kappa shape index (κ1) is 22.2. The molecule has 2 aromatic carbocycles. The maximum atomic E-state index is 13.8. The number of hydrogen-bond donors (Lipinski definition) is 1. The summed E-state index contributed by atoms with van der Waals surface area (Å²) in [6, 6.07) is 15.9. The molecule has 3 atom stereocenters. The van der Waals surface area contributed by atoms with Gasteiger partial charge in [-0.3, -0.25) is 14.5 Å². The summed E-state index contributed by atoms with van der Waals surface area (Å²) < 4.78 is 0. The fourth-order valence-corrected chi connectivity index (χ4v) is 4.80. The predicted molar refractivity (Wildman–Crippen MR) is 123 cm³/mol. The van der Waals surface area contributed by atoms with E-state index in [-0.39, 0.29) is 24.2 Å². The summed E-state index contributed by atoms with van der Waals surface area (Å²) in [5, 5.41) is 10.7. The van der Waals surface area contributed by atoms with Crippen molar-refractivity contribution in [2.24, 2.45) is 5.41 Å². The number of nitrogens with zero attached hydrogens (tertiary/aromatic N) is 3. The van der Waals surface area contributed by atoms with E-state index in [0.29, 0.717) is 16.5 Å². The van der Waals surface area contributed by atoms with Gasteiger partial charge >= 0.3 is 5.97 Å². The molecule has 1 aromatic heterocycles. The van der Waals surface area contributed by atoms with Crippen LogP contribution in [0.15, 0.2) is 67.0 Å². The van der Waals surface area contributed by atoms with Gasteiger partial charge < -0.3 is 5.11 Å². The first-order valence-electron chi connectivity index (χ1n) is 10.1. The van der Waals surface area contributed by atoms with Crippen molar-refractivity contribution in [1.82, 2.24) is 9.97 Å². The van der Waals surface area contributed by atoms with Gasteiger partial charge in [-0.25, -0.2) is 9.97 Å². The summed E-state index contributed by atoms with van der Waals surface area (Å²) >= 11 is 12.4. The first-order chi connectivity index (χ1) is 15.3. The Hall–Kier alpha value is -2.96. The quantitative estimate of drug-likeness (QED) is 0.531. The maximum absolute atomic E-state index is 13.8. The molecule has 4 rings (SSSR count). The molecule has 1 amide bonds. The van der Waals surface area contributed by atoms with Crippen LogP contribution in [0.1, 0.15) is 42.9 Å². The summed E-state index contributed by atoms with van der Waals surface area (Å²) in [6.45, 7) is 1.69. The highest BCUT2D eigenvalue weighted by Gasteiger charge is 2.52. The van der Waals surface area contributed by atoms with Crippen LogP contribution in [-0.2, 0) is 9.59 Å². The van der Waals surface area contributed by atoms with Gasteiger partial charge in [-0.1, -0.05) is 54.4 Å². The minimum atomic E-state index is -1.15. The van der Waals surface area contributed by atoms with Crippen LogP contribution >= 0.6 is 23.2 Å². The largest absolute Gasteiger partial charge is 0.481 e. The molecule has 0 spiro atoms. The second-order valence-electron chi connectivity index (χ2n) is 8.22. The summed E-state index contributed by atoms with van der Waals surface area (Å²) in [4.78, 5) is 35.7. The smallest absolute Gasteiger partial charge is 0.304 e. The van der Waals surface area contributed by atoms with Crippen LogP contribution in [0.5, 0.6) is 0 Å². The zero-order valence-electron chi connectivity index (χ0n) is 17.3. The fourth-order valence-electron chi connectivity index (χ4n) is 4.47. The molecular formula is C24H21Cl2N3O3. The van der Waals surface area contributed by atoms with Crippen LogP contribution in [0.25, 0.3) is 0 Å². The number of benzene rings is 2. The average molecular weight is 470 g/mol. The highest BCUT2D eigenvalue weighted by Crippen LogP contribution is 2.51. The number of carboxylic acids is 1. The van der Waals surface area contributed by atoms with Crippen molar-refractivity contribution in [3.8, 4) is 0 Å². The molecule has 6 nitrogen and oxygen atoms in total. The number of anilines is 1. The van der Waals surface area contributed by atoms with E-state index < -0.39 is 17.4 Å². The Morgan fingerprint density at radius 3 is 2.38 bits per heavy atom. The summed E-state index contributed by atoms with van der Waals surface area (Å²) in [5.74, 6) is -1.39. The highest BCUT2D eigenvalue weighted by atomic mass is 35.5.